The fraction of sp³-hybridized carbons (Fsp3) is 0.0800. The third kappa shape index (κ3) is 3.89. The molecule has 0 fully saturated rings. The second-order valence-electron chi connectivity index (χ2n) is 6.57. The lowest BCUT2D eigenvalue weighted by molar-refractivity contribution is 0.0601. The van der Waals surface area contributed by atoms with Crippen molar-refractivity contribution in [3.05, 3.63) is 102 Å². The largest absolute Gasteiger partial charge is 0.489 e. The van der Waals surface area contributed by atoms with Crippen molar-refractivity contribution >= 4 is 16.7 Å². The van der Waals surface area contributed by atoms with Crippen LogP contribution in [0.2, 0.25) is 0 Å². The van der Waals surface area contributed by atoms with E-state index in [1.165, 1.54) is 7.11 Å². The van der Waals surface area contributed by atoms with Crippen molar-refractivity contribution in [3.8, 4) is 16.9 Å². The van der Waals surface area contributed by atoms with Crippen LogP contribution in [0.4, 0.5) is 0 Å². The number of carbonyl (C=O) groups is 1. The van der Waals surface area contributed by atoms with Gasteiger partial charge in [0.05, 0.1) is 12.7 Å². The fourth-order valence-corrected chi connectivity index (χ4v) is 3.18. The first-order chi connectivity index (χ1) is 13.7. The maximum Gasteiger partial charge on any atom is 0.337 e. The summed E-state index contributed by atoms with van der Waals surface area (Å²) < 4.78 is 10.7. The molecule has 0 radical (unpaired) electrons. The summed E-state index contributed by atoms with van der Waals surface area (Å²) in [5.74, 6) is 0.511. The van der Waals surface area contributed by atoms with Crippen LogP contribution in [0.1, 0.15) is 15.9 Å². The number of fused-ring (bicyclic) bond motifs is 1. The van der Waals surface area contributed by atoms with Crippen LogP contribution >= 0.6 is 0 Å². The number of carbonyl (C=O) groups excluding carboxylic acids is 1. The number of esters is 1. The quantitative estimate of drug-likeness (QED) is 0.413. The summed E-state index contributed by atoms with van der Waals surface area (Å²) in [5.41, 5.74) is 3.88. The molecule has 0 atom stereocenters. The average Bonchev–Trinajstić information content (AvgIpc) is 2.77. The highest BCUT2D eigenvalue weighted by Crippen LogP contribution is 2.28. The summed E-state index contributed by atoms with van der Waals surface area (Å²) in [4.78, 5) is 11.7. The van der Waals surface area contributed by atoms with Crippen molar-refractivity contribution in [2.45, 2.75) is 6.61 Å². The molecule has 0 aliphatic rings. The Morgan fingerprint density at radius 1 is 0.750 bits per heavy atom. The van der Waals surface area contributed by atoms with Gasteiger partial charge in [-0.05, 0) is 57.8 Å². The molecule has 0 aromatic heterocycles. The molecule has 4 aromatic rings. The van der Waals surface area contributed by atoms with Gasteiger partial charge in [-0.2, -0.15) is 0 Å². The second-order valence-corrected chi connectivity index (χ2v) is 6.57. The van der Waals surface area contributed by atoms with Gasteiger partial charge in [0.25, 0.3) is 0 Å². The van der Waals surface area contributed by atoms with Gasteiger partial charge in [-0.25, -0.2) is 4.79 Å². The first-order valence-electron chi connectivity index (χ1n) is 9.12. The predicted octanol–water partition coefficient (Wildman–Crippen LogP) is 5.87. The Balaban J connectivity index is 1.58. The zero-order valence-corrected chi connectivity index (χ0v) is 15.6. The Labute approximate surface area is 164 Å². The van der Waals surface area contributed by atoms with Gasteiger partial charge in [-0.1, -0.05) is 60.7 Å². The summed E-state index contributed by atoms with van der Waals surface area (Å²) >= 11 is 0. The van der Waals surface area contributed by atoms with Gasteiger partial charge in [0.2, 0.25) is 0 Å². The average molecular weight is 368 g/mol. The highest BCUT2D eigenvalue weighted by atomic mass is 16.5. The van der Waals surface area contributed by atoms with Gasteiger partial charge in [-0.15, -0.1) is 0 Å². The van der Waals surface area contributed by atoms with Gasteiger partial charge in [0.15, 0.2) is 0 Å². The standard InChI is InChI=1S/C25H20O3/c1-27-25(26)23-13-12-21-14-20(10-11-22(21)15-23)19-8-5-9-24(16-19)28-17-18-6-3-2-4-7-18/h2-16H,17H2,1H3. The van der Waals surface area contributed by atoms with Crippen molar-refractivity contribution < 1.29 is 14.3 Å². The van der Waals surface area contributed by atoms with E-state index in [1.54, 1.807) is 6.07 Å². The van der Waals surface area contributed by atoms with E-state index in [0.29, 0.717) is 12.2 Å². The molecule has 0 amide bonds. The lowest BCUT2D eigenvalue weighted by atomic mass is 10.00. The van der Waals surface area contributed by atoms with Gasteiger partial charge in [0.1, 0.15) is 12.4 Å². The van der Waals surface area contributed by atoms with Crippen LogP contribution in [-0.4, -0.2) is 13.1 Å². The van der Waals surface area contributed by atoms with Crippen LogP contribution in [0.15, 0.2) is 91.0 Å². The molecule has 0 heterocycles. The molecule has 0 saturated carbocycles. The van der Waals surface area contributed by atoms with Gasteiger partial charge >= 0.3 is 5.97 Å². The molecule has 0 unspecified atom stereocenters. The Kier molecular flexibility index (Phi) is 5.07. The summed E-state index contributed by atoms with van der Waals surface area (Å²) in [6.07, 6.45) is 0. The zero-order valence-electron chi connectivity index (χ0n) is 15.6. The monoisotopic (exact) mass is 368 g/mol. The van der Waals surface area contributed by atoms with E-state index in [2.05, 4.69) is 30.3 Å². The Morgan fingerprint density at radius 2 is 1.50 bits per heavy atom. The second kappa shape index (κ2) is 7.97. The number of hydrogen-bond donors (Lipinski definition) is 0. The molecular weight excluding hydrogens is 348 g/mol. The molecule has 0 aliphatic heterocycles. The van der Waals surface area contributed by atoms with E-state index in [9.17, 15) is 4.79 Å². The van der Waals surface area contributed by atoms with E-state index in [-0.39, 0.29) is 5.97 Å². The molecular formula is C25H20O3. The van der Waals surface area contributed by atoms with E-state index in [1.807, 2.05) is 54.6 Å². The van der Waals surface area contributed by atoms with Crippen LogP contribution in [0.5, 0.6) is 5.75 Å². The summed E-state index contributed by atoms with van der Waals surface area (Å²) in [5, 5.41) is 2.07. The maximum atomic E-state index is 11.7. The summed E-state index contributed by atoms with van der Waals surface area (Å²) in [7, 11) is 1.39. The van der Waals surface area contributed by atoms with Crippen molar-refractivity contribution in [3.63, 3.8) is 0 Å². The Hall–Kier alpha value is -3.59. The number of methoxy groups -OCH3 is 1. The molecule has 0 bridgehead atoms. The minimum Gasteiger partial charge on any atom is -0.489 e. The van der Waals surface area contributed by atoms with Crippen molar-refractivity contribution in [1.29, 1.82) is 0 Å². The molecule has 4 rings (SSSR count). The first kappa shape index (κ1) is 17.8. The smallest absolute Gasteiger partial charge is 0.337 e. The van der Waals surface area contributed by atoms with Gasteiger partial charge in [-0.3, -0.25) is 0 Å². The molecule has 0 N–H and O–H groups in total. The summed E-state index contributed by atoms with van der Waals surface area (Å²) in [6, 6.07) is 30.0. The minimum absolute atomic E-state index is 0.325. The fourth-order valence-electron chi connectivity index (χ4n) is 3.18. The van der Waals surface area contributed by atoms with Crippen molar-refractivity contribution in [1.82, 2.24) is 0 Å². The highest BCUT2D eigenvalue weighted by molar-refractivity contribution is 5.96. The number of ether oxygens (including phenoxy) is 2. The van der Waals surface area contributed by atoms with E-state index in [0.717, 1.165) is 33.2 Å². The third-order valence-electron chi connectivity index (χ3n) is 4.68. The molecule has 0 saturated heterocycles. The summed E-state index contributed by atoms with van der Waals surface area (Å²) in [6.45, 7) is 0.540. The lowest BCUT2D eigenvalue weighted by Gasteiger charge is -2.09. The van der Waals surface area contributed by atoms with E-state index >= 15 is 0 Å². The first-order valence-corrected chi connectivity index (χ1v) is 9.12. The topological polar surface area (TPSA) is 35.5 Å². The molecule has 0 aliphatic carbocycles. The van der Waals surface area contributed by atoms with Crippen LogP contribution in [0, 0.1) is 0 Å². The predicted molar refractivity (Wildman–Crippen MR) is 111 cm³/mol. The van der Waals surface area contributed by atoms with E-state index in [4.69, 9.17) is 9.47 Å². The molecule has 3 nitrogen and oxygen atoms in total. The minimum atomic E-state index is -0.325. The molecule has 4 aromatic carbocycles. The number of hydrogen-bond acceptors (Lipinski definition) is 3. The maximum absolute atomic E-state index is 11.7. The molecule has 138 valence electrons. The third-order valence-corrected chi connectivity index (χ3v) is 4.68. The van der Waals surface area contributed by atoms with Gasteiger partial charge < -0.3 is 9.47 Å². The lowest BCUT2D eigenvalue weighted by Crippen LogP contribution is -2.00. The van der Waals surface area contributed by atoms with Crippen LogP contribution in [-0.2, 0) is 11.3 Å². The normalized spacial score (nSPS) is 10.6. The SMILES string of the molecule is COC(=O)c1ccc2cc(-c3cccc(OCc4ccccc4)c3)ccc2c1. The highest BCUT2D eigenvalue weighted by Gasteiger charge is 2.07. The van der Waals surface area contributed by atoms with E-state index < -0.39 is 0 Å². The van der Waals surface area contributed by atoms with Crippen LogP contribution < -0.4 is 4.74 Å². The van der Waals surface area contributed by atoms with Crippen LogP contribution in [0.25, 0.3) is 21.9 Å². The van der Waals surface area contributed by atoms with Crippen LogP contribution in [0.3, 0.4) is 0 Å². The molecule has 0 spiro atoms. The molecule has 3 heteroatoms. The van der Waals surface area contributed by atoms with Crippen molar-refractivity contribution in [2.24, 2.45) is 0 Å². The molecule has 28 heavy (non-hydrogen) atoms. The Morgan fingerprint density at radius 3 is 2.32 bits per heavy atom. The van der Waals surface area contributed by atoms with Gasteiger partial charge in [0, 0.05) is 0 Å². The van der Waals surface area contributed by atoms with Crippen molar-refractivity contribution in [2.75, 3.05) is 7.11 Å². The zero-order chi connectivity index (χ0) is 19.3. The Bertz CT molecular complexity index is 1120. The number of benzene rings is 4. The number of rotatable bonds is 5.